The quantitative estimate of drug-likeness (QED) is 0.592. The minimum atomic E-state index is -0.931. The van der Waals surface area contributed by atoms with Crippen molar-refractivity contribution in [1.82, 2.24) is 0 Å². The summed E-state index contributed by atoms with van der Waals surface area (Å²) in [6, 6.07) is 0. The number of aliphatic hydroxyl groups is 1. The molecule has 1 saturated heterocycles. The van der Waals surface area contributed by atoms with E-state index in [1.165, 1.54) is 0 Å². The molecule has 132 valence electrons. The lowest BCUT2D eigenvalue weighted by atomic mass is 9.50. The van der Waals surface area contributed by atoms with Gasteiger partial charge in [0.1, 0.15) is 11.9 Å². The molecule has 1 heterocycles. The third-order valence-electron chi connectivity index (χ3n) is 7.68. The van der Waals surface area contributed by atoms with Crippen LogP contribution in [0.4, 0.5) is 0 Å². The van der Waals surface area contributed by atoms with E-state index in [0.29, 0.717) is 0 Å². The second kappa shape index (κ2) is 4.59. The Morgan fingerprint density at radius 3 is 2.54 bits per heavy atom. The molecule has 0 aromatic rings. The highest BCUT2D eigenvalue weighted by molar-refractivity contribution is 6.15. The van der Waals surface area contributed by atoms with Crippen LogP contribution in [0.3, 0.4) is 0 Å². The highest BCUT2D eigenvalue weighted by Gasteiger charge is 2.70. The lowest BCUT2D eigenvalue weighted by Gasteiger charge is -2.53. The third-order valence-corrected chi connectivity index (χ3v) is 7.68. The van der Waals surface area contributed by atoms with E-state index in [9.17, 15) is 14.7 Å². The van der Waals surface area contributed by atoms with Crippen LogP contribution in [-0.4, -0.2) is 34.5 Å². The first-order valence-electron chi connectivity index (χ1n) is 9.21. The standard InChI is InChI=1S/C20H28O4/c1-10(2)11-8-13(21)20(5)14(22)9-18(3)12(15(11)20)6-7-19(4)17(24-19)16(18)23/h8,10,12,15-17,23H,6-7,9H2,1-5H3/t12-,15-,16-,17+,18-,19-,20+/m1/s1. The van der Waals surface area contributed by atoms with E-state index in [2.05, 4.69) is 20.8 Å². The summed E-state index contributed by atoms with van der Waals surface area (Å²) >= 11 is 0. The fourth-order valence-corrected chi connectivity index (χ4v) is 5.85. The number of ketones is 2. The Morgan fingerprint density at radius 2 is 1.92 bits per heavy atom. The smallest absolute Gasteiger partial charge is 0.169 e. The number of hydrogen-bond acceptors (Lipinski definition) is 4. The second-order valence-corrected chi connectivity index (χ2v) is 9.39. The molecule has 1 aliphatic heterocycles. The van der Waals surface area contributed by atoms with Crippen molar-refractivity contribution in [3.63, 3.8) is 0 Å². The SMILES string of the molecule is CC(C)C1=CC(=O)[C@@]2(C)C(=O)C[C@@]3(C)[C@H](O)[C@@H]4O[C@]4(C)CC[C@@H]3[C@@H]12. The van der Waals surface area contributed by atoms with Crippen molar-refractivity contribution in [3.05, 3.63) is 11.6 Å². The van der Waals surface area contributed by atoms with E-state index >= 15 is 0 Å². The number of hydrogen-bond donors (Lipinski definition) is 1. The Hall–Kier alpha value is -1.00. The zero-order chi connectivity index (χ0) is 17.7. The highest BCUT2D eigenvalue weighted by Crippen LogP contribution is 2.64. The summed E-state index contributed by atoms with van der Waals surface area (Å²) in [5.74, 6) is 0.259. The van der Waals surface area contributed by atoms with Crippen LogP contribution in [-0.2, 0) is 14.3 Å². The van der Waals surface area contributed by atoms with Crippen LogP contribution in [0.25, 0.3) is 0 Å². The molecule has 3 fully saturated rings. The largest absolute Gasteiger partial charge is 0.390 e. The van der Waals surface area contributed by atoms with Gasteiger partial charge in [-0.2, -0.15) is 0 Å². The molecule has 0 amide bonds. The molecule has 4 heteroatoms. The number of allylic oxidation sites excluding steroid dienone is 2. The summed E-state index contributed by atoms with van der Waals surface area (Å²) in [4.78, 5) is 25.8. The molecule has 0 aromatic heterocycles. The lowest BCUT2D eigenvalue weighted by Crippen LogP contribution is -2.58. The summed E-state index contributed by atoms with van der Waals surface area (Å²) in [5.41, 5.74) is -0.608. The molecule has 0 unspecified atom stereocenters. The van der Waals surface area contributed by atoms with Gasteiger partial charge in [0.2, 0.25) is 0 Å². The number of ether oxygens (including phenoxy) is 1. The first-order chi connectivity index (χ1) is 11.1. The van der Waals surface area contributed by atoms with Gasteiger partial charge in [-0.3, -0.25) is 9.59 Å². The number of carbonyl (C=O) groups is 2. The topological polar surface area (TPSA) is 66.9 Å². The average molecular weight is 332 g/mol. The maximum atomic E-state index is 13.1. The van der Waals surface area contributed by atoms with Crippen LogP contribution < -0.4 is 0 Å². The zero-order valence-electron chi connectivity index (χ0n) is 15.3. The van der Waals surface area contributed by atoms with E-state index in [-0.39, 0.29) is 47.4 Å². The Labute approximate surface area is 143 Å². The van der Waals surface area contributed by atoms with Crippen molar-refractivity contribution < 1.29 is 19.4 Å². The van der Waals surface area contributed by atoms with Gasteiger partial charge >= 0.3 is 0 Å². The Kier molecular flexibility index (Phi) is 3.15. The molecule has 4 nitrogen and oxygen atoms in total. The summed E-state index contributed by atoms with van der Waals surface area (Å²) < 4.78 is 5.80. The molecule has 24 heavy (non-hydrogen) atoms. The zero-order valence-corrected chi connectivity index (χ0v) is 15.3. The molecule has 3 aliphatic carbocycles. The highest BCUT2D eigenvalue weighted by atomic mass is 16.6. The second-order valence-electron chi connectivity index (χ2n) is 9.39. The average Bonchev–Trinajstić information content (AvgIpc) is 3.10. The van der Waals surface area contributed by atoms with E-state index in [4.69, 9.17) is 4.74 Å². The molecule has 0 aromatic carbocycles. The molecule has 4 rings (SSSR count). The van der Waals surface area contributed by atoms with Crippen LogP contribution in [0.1, 0.15) is 53.9 Å². The number of Topliss-reactive ketones (excluding diaryl/α,β-unsaturated/α-hetero) is 1. The predicted octanol–water partition coefficient (Wildman–Crippen LogP) is 2.68. The maximum Gasteiger partial charge on any atom is 0.169 e. The van der Waals surface area contributed by atoms with Crippen molar-refractivity contribution in [1.29, 1.82) is 0 Å². The van der Waals surface area contributed by atoms with Gasteiger partial charge in [-0.15, -0.1) is 0 Å². The summed E-state index contributed by atoms with van der Waals surface area (Å²) in [7, 11) is 0. The number of rotatable bonds is 1. The maximum absolute atomic E-state index is 13.1. The molecule has 4 aliphatic rings. The van der Waals surface area contributed by atoms with E-state index < -0.39 is 16.9 Å². The van der Waals surface area contributed by atoms with Gasteiger partial charge in [0, 0.05) is 17.8 Å². The fraction of sp³-hybridized carbons (Fsp3) is 0.800. The van der Waals surface area contributed by atoms with Gasteiger partial charge in [0.05, 0.1) is 17.1 Å². The summed E-state index contributed by atoms with van der Waals surface area (Å²) in [5, 5.41) is 11.0. The minimum absolute atomic E-state index is 0.00791. The third kappa shape index (κ3) is 1.76. The summed E-state index contributed by atoms with van der Waals surface area (Å²) in [6.07, 6.45) is 2.96. The minimum Gasteiger partial charge on any atom is -0.390 e. The van der Waals surface area contributed by atoms with Gasteiger partial charge in [-0.25, -0.2) is 0 Å². The molecule has 7 atom stereocenters. The van der Waals surface area contributed by atoms with Crippen molar-refractivity contribution in [2.45, 2.75) is 71.7 Å². The van der Waals surface area contributed by atoms with Crippen molar-refractivity contribution >= 4 is 11.6 Å². The Balaban J connectivity index is 1.84. The molecule has 2 saturated carbocycles. The molecular formula is C20H28O4. The van der Waals surface area contributed by atoms with Gasteiger partial charge in [0.15, 0.2) is 5.78 Å². The molecular weight excluding hydrogens is 304 g/mol. The van der Waals surface area contributed by atoms with Crippen LogP contribution >= 0.6 is 0 Å². The van der Waals surface area contributed by atoms with Gasteiger partial charge in [0.25, 0.3) is 0 Å². The summed E-state index contributed by atoms with van der Waals surface area (Å²) in [6.45, 7) is 10.1. The van der Waals surface area contributed by atoms with Crippen LogP contribution in [0.5, 0.6) is 0 Å². The first-order valence-corrected chi connectivity index (χ1v) is 9.21. The fourth-order valence-electron chi connectivity index (χ4n) is 5.85. The van der Waals surface area contributed by atoms with Crippen LogP contribution in [0.15, 0.2) is 11.6 Å². The van der Waals surface area contributed by atoms with E-state index in [1.54, 1.807) is 6.08 Å². The van der Waals surface area contributed by atoms with Crippen molar-refractivity contribution in [3.8, 4) is 0 Å². The first kappa shape index (κ1) is 16.5. The van der Waals surface area contributed by atoms with Gasteiger partial charge in [-0.1, -0.05) is 26.3 Å². The van der Waals surface area contributed by atoms with Crippen molar-refractivity contribution in [2.24, 2.45) is 28.6 Å². The number of epoxide rings is 1. The monoisotopic (exact) mass is 332 g/mol. The Morgan fingerprint density at radius 1 is 1.25 bits per heavy atom. The number of fused-ring (bicyclic) bond motifs is 4. The molecule has 1 N–H and O–H groups in total. The van der Waals surface area contributed by atoms with Crippen LogP contribution in [0, 0.1) is 28.6 Å². The van der Waals surface area contributed by atoms with Gasteiger partial charge < -0.3 is 9.84 Å². The number of aliphatic hydroxyl groups excluding tert-OH is 1. The molecule has 0 radical (unpaired) electrons. The normalized spacial score (nSPS) is 53.2. The van der Waals surface area contributed by atoms with Gasteiger partial charge in [-0.05, 0) is 44.6 Å². The van der Waals surface area contributed by atoms with E-state index in [1.807, 2.05) is 13.8 Å². The van der Waals surface area contributed by atoms with E-state index in [0.717, 1.165) is 18.4 Å². The molecule has 0 bridgehead atoms. The molecule has 0 spiro atoms. The number of carbonyl (C=O) groups excluding carboxylic acids is 2. The predicted molar refractivity (Wildman–Crippen MR) is 89.3 cm³/mol. The lowest BCUT2D eigenvalue weighted by molar-refractivity contribution is -0.158. The Bertz CT molecular complexity index is 665. The van der Waals surface area contributed by atoms with Crippen LogP contribution in [0.2, 0.25) is 0 Å². The van der Waals surface area contributed by atoms with Crippen molar-refractivity contribution in [2.75, 3.05) is 0 Å².